The fourth-order valence-electron chi connectivity index (χ4n) is 5.11. The average molecular weight is 601 g/mol. The Morgan fingerprint density at radius 2 is 1.62 bits per heavy atom. The first-order valence-electron chi connectivity index (χ1n) is 13.6. The molecule has 0 radical (unpaired) electrons. The second-order valence-electron chi connectivity index (χ2n) is 10.9. The standard InChI is InChI=1S/C31H37ClN2O4S2/c1-22(2)21-29(31(19-8-20-31)26-13-15-27(32)16-14-26)33-39(35)38-30(25-9-6-5-7-10-25)24(4)34-40(36,37)28-17-11-23(3)12-18-28/h5-7,9-18,22,24,30,34H,8,19-21H2,1-4H3/t24-,30-,39+/m1/s1. The Morgan fingerprint density at radius 1 is 1.00 bits per heavy atom. The van der Waals surface area contributed by atoms with Crippen LogP contribution in [0.4, 0.5) is 0 Å². The Balaban J connectivity index is 1.63. The number of sulfonamides is 1. The minimum Gasteiger partial charge on any atom is -0.263 e. The molecule has 0 saturated heterocycles. The summed E-state index contributed by atoms with van der Waals surface area (Å²) in [5.74, 6) is 0.297. The van der Waals surface area contributed by atoms with Gasteiger partial charge in [-0.1, -0.05) is 92.0 Å². The molecular weight excluding hydrogens is 564 g/mol. The van der Waals surface area contributed by atoms with Crippen LogP contribution in [0.3, 0.4) is 0 Å². The zero-order valence-electron chi connectivity index (χ0n) is 23.3. The zero-order valence-corrected chi connectivity index (χ0v) is 25.7. The molecule has 3 aromatic carbocycles. The van der Waals surface area contributed by atoms with Gasteiger partial charge >= 0.3 is 0 Å². The van der Waals surface area contributed by atoms with Crippen molar-refractivity contribution in [3.8, 4) is 0 Å². The van der Waals surface area contributed by atoms with E-state index in [4.69, 9.17) is 15.8 Å². The highest BCUT2D eigenvalue weighted by Gasteiger charge is 2.44. The fraction of sp³-hybridized carbons (Fsp3) is 0.387. The van der Waals surface area contributed by atoms with Gasteiger partial charge in [0, 0.05) is 16.1 Å². The summed E-state index contributed by atoms with van der Waals surface area (Å²) in [5.41, 5.74) is 3.30. The Labute approximate surface area is 246 Å². The van der Waals surface area contributed by atoms with Crippen LogP contribution < -0.4 is 4.72 Å². The molecule has 0 aromatic heterocycles. The van der Waals surface area contributed by atoms with Crippen LogP contribution in [0.5, 0.6) is 0 Å². The molecule has 1 saturated carbocycles. The molecule has 1 aliphatic carbocycles. The normalized spacial score (nSPS) is 17.7. The molecule has 0 heterocycles. The molecule has 9 heteroatoms. The van der Waals surface area contributed by atoms with Gasteiger partial charge in [0.25, 0.3) is 11.3 Å². The van der Waals surface area contributed by atoms with Crippen LogP contribution in [0.1, 0.15) is 69.2 Å². The molecule has 3 atom stereocenters. The third kappa shape index (κ3) is 7.28. The average Bonchev–Trinajstić information content (AvgIpc) is 2.88. The van der Waals surface area contributed by atoms with E-state index in [-0.39, 0.29) is 10.3 Å². The van der Waals surface area contributed by atoms with Crippen LogP contribution in [-0.4, -0.2) is 24.4 Å². The lowest BCUT2D eigenvalue weighted by atomic mass is 9.60. The Hall–Kier alpha value is -2.36. The van der Waals surface area contributed by atoms with Gasteiger partial charge in [0.05, 0.1) is 10.9 Å². The van der Waals surface area contributed by atoms with Gasteiger partial charge in [-0.05, 0) is 74.4 Å². The van der Waals surface area contributed by atoms with Gasteiger partial charge in [-0.25, -0.2) is 17.3 Å². The molecule has 0 aliphatic heterocycles. The summed E-state index contributed by atoms with van der Waals surface area (Å²) in [5, 5.41) is 0.667. The van der Waals surface area contributed by atoms with Gasteiger partial charge in [-0.2, -0.15) is 4.40 Å². The van der Waals surface area contributed by atoms with Crippen molar-refractivity contribution in [2.24, 2.45) is 10.3 Å². The highest BCUT2D eigenvalue weighted by atomic mass is 35.5. The molecule has 1 N–H and O–H groups in total. The van der Waals surface area contributed by atoms with E-state index in [9.17, 15) is 12.6 Å². The predicted octanol–water partition coefficient (Wildman–Crippen LogP) is 7.26. The number of rotatable bonds is 12. The van der Waals surface area contributed by atoms with Crippen molar-refractivity contribution in [1.29, 1.82) is 0 Å². The maximum Gasteiger partial charge on any atom is 0.285 e. The van der Waals surface area contributed by atoms with E-state index >= 15 is 0 Å². The number of nitrogens with one attached hydrogen (secondary N) is 1. The molecule has 0 bridgehead atoms. The molecular formula is C31H37ClN2O4S2. The molecule has 3 aromatic rings. The van der Waals surface area contributed by atoms with Crippen molar-refractivity contribution in [2.45, 2.75) is 75.8 Å². The smallest absolute Gasteiger partial charge is 0.263 e. The minimum atomic E-state index is -3.84. The summed E-state index contributed by atoms with van der Waals surface area (Å²) in [6, 6.07) is 22.9. The summed E-state index contributed by atoms with van der Waals surface area (Å²) in [4.78, 5) is 0.157. The van der Waals surface area contributed by atoms with Crippen LogP contribution in [-0.2, 0) is 30.9 Å². The Morgan fingerprint density at radius 3 is 2.17 bits per heavy atom. The lowest BCUT2D eigenvalue weighted by Crippen LogP contribution is -2.43. The zero-order chi connectivity index (χ0) is 28.9. The number of hydrogen-bond donors (Lipinski definition) is 1. The van der Waals surface area contributed by atoms with E-state index in [2.05, 4.69) is 23.0 Å². The topological polar surface area (TPSA) is 84.8 Å². The number of aryl methyl sites for hydroxylation is 1. The van der Waals surface area contributed by atoms with Gasteiger partial charge in [-0.15, -0.1) is 0 Å². The maximum atomic E-state index is 13.6. The van der Waals surface area contributed by atoms with Crippen molar-refractivity contribution < 1.29 is 16.8 Å². The third-order valence-corrected chi connectivity index (χ3v) is 9.95. The molecule has 0 unspecified atom stereocenters. The molecule has 0 amide bonds. The molecule has 1 aliphatic rings. The third-order valence-electron chi connectivity index (χ3n) is 7.38. The second kappa shape index (κ2) is 13.1. The summed E-state index contributed by atoms with van der Waals surface area (Å²) in [7, 11) is -3.84. The van der Waals surface area contributed by atoms with Gasteiger partial charge in [0.2, 0.25) is 10.0 Å². The lowest BCUT2D eigenvalue weighted by Gasteiger charge is -2.44. The van der Waals surface area contributed by atoms with Gasteiger partial charge in [0.15, 0.2) is 0 Å². The number of hydrogen-bond acceptors (Lipinski definition) is 4. The first-order chi connectivity index (χ1) is 19.0. The van der Waals surface area contributed by atoms with E-state index < -0.39 is 33.4 Å². The first kappa shape index (κ1) is 30.6. The monoisotopic (exact) mass is 600 g/mol. The number of benzene rings is 3. The molecule has 6 nitrogen and oxygen atoms in total. The van der Waals surface area contributed by atoms with E-state index in [1.807, 2.05) is 61.5 Å². The first-order valence-corrected chi connectivity index (χ1v) is 16.5. The second-order valence-corrected chi connectivity index (χ2v) is 13.9. The predicted molar refractivity (Wildman–Crippen MR) is 163 cm³/mol. The number of nitrogens with zero attached hydrogens (tertiary/aromatic N) is 1. The minimum absolute atomic E-state index is 0.157. The molecule has 4 rings (SSSR count). The van der Waals surface area contributed by atoms with Crippen LogP contribution in [0.25, 0.3) is 0 Å². The van der Waals surface area contributed by atoms with Gasteiger partial charge in [0.1, 0.15) is 6.10 Å². The lowest BCUT2D eigenvalue weighted by molar-refractivity contribution is 0.195. The van der Waals surface area contributed by atoms with Crippen LogP contribution in [0, 0.1) is 12.8 Å². The van der Waals surface area contributed by atoms with Crippen molar-refractivity contribution in [1.82, 2.24) is 4.72 Å². The van der Waals surface area contributed by atoms with Crippen LogP contribution in [0.15, 0.2) is 88.2 Å². The van der Waals surface area contributed by atoms with Crippen molar-refractivity contribution in [3.05, 3.63) is 101 Å². The Bertz CT molecular complexity index is 1440. The summed E-state index contributed by atoms with van der Waals surface area (Å²) in [6.45, 7) is 7.83. The largest absolute Gasteiger partial charge is 0.285 e. The van der Waals surface area contributed by atoms with E-state index in [1.165, 1.54) is 0 Å². The fourth-order valence-corrected chi connectivity index (χ4v) is 7.41. The molecule has 40 heavy (non-hydrogen) atoms. The highest BCUT2D eigenvalue weighted by molar-refractivity contribution is 7.89. The molecule has 214 valence electrons. The van der Waals surface area contributed by atoms with Gasteiger partial charge < -0.3 is 0 Å². The van der Waals surface area contributed by atoms with Crippen LogP contribution in [0.2, 0.25) is 5.02 Å². The van der Waals surface area contributed by atoms with Crippen molar-refractivity contribution >= 4 is 38.6 Å². The van der Waals surface area contributed by atoms with Gasteiger partial charge in [-0.3, -0.25) is 4.18 Å². The van der Waals surface area contributed by atoms with E-state index in [0.29, 0.717) is 22.9 Å². The van der Waals surface area contributed by atoms with Crippen LogP contribution >= 0.6 is 11.6 Å². The summed E-state index contributed by atoms with van der Waals surface area (Å²) in [6.07, 6.45) is 2.71. The summed E-state index contributed by atoms with van der Waals surface area (Å²) >= 11 is 4.10. The maximum absolute atomic E-state index is 13.6. The van der Waals surface area contributed by atoms with Crippen molar-refractivity contribution in [3.63, 3.8) is 0 Å². The van der Waals surface area contributed by atoms with Crippen molar-refractivity contribution in [2.75, 3.05) is 0 Å². The van der Waals surface area contributed by atoms with E-state index in [0.717, 1.165) is 36.1 Å². The SMILES string of the molecule is Cc1ccc(S(=O)(=O)N[C@H](C)[C@@H](O[S@](=O)N=C(CC(C)C)C2(c3ccc(Cl)cc3)CCC2)c2ccccc2)cc1. The Kier molecular flexibility index (Phi) is 10.0. The number of halogens is 1. The quantitative estimate of drug-likeness (QED) is 0.222. The molecule has 0 spiro atoms. The molecule has 1 fully saturated rings. The highest BCUT2D eigenvalue weighted by Crippen LogP contribution is 2.47. The summed E-state index contributed by atoms with van der Waals surface area (Å²) < 4.78 is 53.3. The van der Waals surface area contributed by atoms with E-state index in [1.54, 1.807) is 31.2 Å².